The molecule has 0 spiro atoms. The predicted molar refractivity (Wildman–Crippen MR) is 62.1 cm³/mol. The fourth-order valence-electron chi connectivity index (χ4n) is 1.81. The number of benzene rings is 1. The van der Waals surface area contributed by atoms with Gasteiger partial charge < -0.3 is 10.6 Å². The van der Waals surface area contributed by atoms with Crippen molar-refractivity contribution in [1.82, 2.24) is 4.90 Å². The average Bonchev–Trinajstić information content (AvgIpc) is 2.68. The number of nitrogens with two attached hydrogens (primary N) is 1. The summed E-state index contributed by atoms with van der Waals surface area (Å²) in [5.74, 6) is -2.59. The molecule has 1 aliphatic rings. The molecule has 0 saturated carbocycles. The summed E-state index contributed by atoms with van der Waals surface area (Å²) in [5.41, 5.74) is 5.42. The Hall–Kier alpha value is -1.20. The van der Waals surface area contributed by atoms with Crippen LogP contribution in [0.4, 0.5) is 8.78 Å². The van der Waals surface area contributed by atoms with E-state index >= 15 is 0 Å². The summed E-state index contributed by atoms with van der Waals surface area (Å²) >= 11 is 0. The standard InChI is InChI=1S/C11H12F2N2O.ClH/c12-9-3-1-2-8(10(9)13)11(16)15-5-4-7(14)6-15;/h1-3,7H,4-6,14H2;1H. The minimum Gasteiger partial charge on any atom is -0.337 e. The molecular weight excluding hydrogens is 250 g/mol. The Labute approximate surface area is 104 Å². The molecule has 2 N–H and O–H groups in total. The summed E-state index contributed by atoms with van der Waals surface area (Å²) in [6, 6.07) is 3.52. The van der Waals surface area contributed by atoms with Crippen LogP contribution in [0.15, 0.2) is 18.2 Å². The van der Waals surface area contributed by atoms with E-state index in [1.54, 1.807) is 0 Å². The fourth-order valence-corrected chi connectivity index (χ4v) is 1.81. The number of rotatable bonds is 1. The minimum atomic E-state index is -1.09. The second-order valence-electron chi connectivity index (χ2n) is 3.90. The van der Waals surface area contributed by atoms with Gasteiger partial charge in [-0.25, -0.2) is 8.78 Å². The van der Waals surface area contributed by atoms with Gasteiger partial charge in [0.05, 0.1) is 5.56 Å². The van der Waals surface area contributed by atoms with Crippen LogP contribution in [-0.4, -0.2) is 29.9 Å². The van der Waals surface area contributed by atoms with E-state index in [1.165, 1.54) is 17.0 Å². The van der Waals surface area contributed by atoms with E-state index in [-0.39, 0.29) is 24.0 Å². The highest BCUT2D eigenvalue weighted by atomic mass is 35.5. The first-order chi connectivity index (χ1) is 7.59. The van der Waals surface area contributed by atoms with Gasteiger partial charge in [0.25, 0.3) is 5.91 Å². The zero-order valence-corrected chi connectivity index (χ0v) is 9.84. The molecule has 1 unspecified atom stereocenters. The number of likely N-dealkylation sites (tertiary alicyclic amines) is 1. The van der Waals surface area contributed by atoms with Crippen molar-refractivity contribution in [2.75, 3.05) is 13.1 Å². The molecule has 17 heavy (non-hydrogen) atoms. The summed E-state index contributed by atoms with van der Waals surface area (Å²) in [7, 11) is 0. The SMILES string of the molecule is Cl.NC1CCN(C(=O)c2cccc(F)c2F)C1. The molecule has 3 nitrogen and oxygen atoms in total. The van der Waals surface area contributed by atoms with Crippen LogP contribution >= 0.6 is 12.4 Å². The van der Waals surface area contributed by atoms with Crippen molar-refractivity contribution in [2.24, 2.45) is 5.73 Å². The van der Waals surface area contributed by atoms with Gasteiger partial charge in [0.1, 0.15) is 0 Å². The lowest BCUT2D eigenvalue weighted by molar-refractivity contribution is 0.0785. The van der Waals surface area contributed by atoms with Crippen LogP contribution in [-0.2, 0) is 0 Å². The quantitative estimate of drug-likeness (QED) is 0.835. The van der Waals surface area contributed by atoms with Crippen LogP contribution in [0.5, 0.6) is 0 Å². The molecule has 1 aromatic rings. The Balaban J connectivity index is 0.00000144. The minimum absolute atomic E-state index is 0. The van der Waals surface area contributed by atoms with Gasteiger partial charge in [-0.1, -0.05) is 6.07 Å². The maximum atomic E-state index is 13.3. The van der Waals surface area contributed by atoms with Gasteiger partial charge in [-0.05, 0) is 18.6 Å². The molecule has 1 aliphatic heterocycles. The molecule has 1 fully saturated rings. The van der Waals surface area contributed by atoms with E-state index in [4.69, 9.17) is 5.73 Å². The predicted octanol–water partition coefficient (Wildman–Crippen LogP) is 1.56. The molecule has 1 amide bonds. The Morgan fingerprint density at radius 2 is 2.12 bits per heavy atom. The van der Waals surface area contributed by atoms with Gasteiger partial charge in [-0.15, -0.1) is 12.4 Å². The van der Waals surface area contributed by atoms with Crippen LogP contribution in [0.1, 0.15) is 16.8 Å². The molecule has 1 aromatic carbocycles. The first-order valence-corrected chi connectivity index (χ1v) is 5.08. The van der Waals surface area contributed by atoms with Crippen molar-refractivity contribution in [1.29, 1.82) is 0 Å². The van der Waals surface area contributed by atoms with Crippen LogP contribution in [0, 0.1) is 11.6 Å². The molecule has 2 rings (SSSR count). The van der Waals surface area contributed by atoms with Crippen LogP contribution in [0.2, 0.25) is 0 Å². The lowest BCUT2D eigenvalue weighted by atomic mass is 10.2. The summed E-state index contributed by atoms with van der Waals surface area (Å²) in [6.07, 6.45) is 0.697. The van der Waals surface area contributed by atoms with Crippen LogP contribution in [0.25, 0.3) is 0 Å². The first-order valence-electron chi connectivity index (χ1n) is 5.08. The third-order valence-electron chi connectivity index (χ3n) is 2.69. The van der Waals surface area contributed by atoms with E-state index in [1.807, 2.05) is 0 Å². The van der Waals surface area contributed by atoms with Crippen molar-refractivity contribution in [3.8, 4) is 0 Å². The van der Waals surface area contributed by atoms with Gasteiger partial charge in [0.2, 0.25) is 0 Å². The highest BCUT2D eigenvalue weighted by Crippen LogP contribution is 2.16. The zero-order valence-electron chi connectivity index (χ0n) is 9.03. The molecule has 0 bridgehead atoms. The van der Waals surface area contributed by atoms with Gasteiger partial charge >= 0.3 is 0 Å². The topological polar surface area (TPSA) is 46.3 Å². The number of carbonyl (C=O) groups excluding carboxylic acids is 1. The fraction of sp³-hybridized carbons (Fsp3) is 0.364. The molecule has 0 radical (unpaired) electrons. The Morgan fingerprint density at radius 3 is 2.71 bits per heavy atom. The summed E-state index contributed by atoms with van der Waals surface area (Å²) in [5, 5.41) is 0. The number of hydrogen-bond donors (Lipinski definition) is 1. The van der Waals surface area contributed by atoms with Crippen LogP contribution < -0.4 is 5.73 Å². The third-order valence-corrected chi connectivity index (χ3v) is 2.69. The van der Waals surface area contributed by atoms with E-state index in [9.17, 15) is 13.6 Å². The smallest absolute Gasteiger partial charge is 0.256 e. The zero-order chi connectivity index (χ0) is 11.7. The largest absolute Gasteiger partial charge is 0.337 e. The van der Waals surface area contributed by atoms with Crippen molar-refractivity contribution < 1.29 is 13.6 Å². The van der Waals surface area contributed by atoms with Crippen molar-refractivity contribution in [2.45, 2.75) is 12.5 Å². The first kappa shape index (κ1) is 13.9. The van der Waals surface area contributed by atoms with Crippen LogP contribution in [0.3, 0.4) is 0 Å². The van der Waals surface area contributed by atoms with E-state index in [2.05, 4.69) is 0 Å². The van der Waals surface area contributed by atoms with Gasteiger partial charge in [0, 0.05) is 19.1 Å². The van der Waals surface area contributed by atoms with Gasteiger partial charge in [-0.2, -0.15) is 0 Å². The number of halogens is 3. The Kier molecular flexibility index (Phi) is 4.42. The maximum Gasteiger partial charge on any atom is 0.256 e. The molecule has 1 heterocycles. The average molecular weight is 263 g/mol. The molecule has 94 valence electrons. The van der Waals surface area contributed by atoms with E-state index in [0.29, 0.717) is 19.5 Å². The molecular formula is C11H13ClF2N2O. The third kappa shape index (κ3) is 2.73. The number of nitrogens with zero attached hydrogens (tertiary/aromatic N) is 1. The number of amides is 1. The normalized spacial score (nSPS) is 19.0. The number of carbonyl (C=O) groups is 1. The van der Waals surface area contributed by atoms with Gasteiger partial charge in [-0.3, -0.25) is 4.79 Å². The lowest BCUT2D eigenvalue weighted by Gasteiger charge is -2.16. The number of hydrogen-bond acceptors (Lipinski definition) is 2. The molecule has 1 atom stereocenters. The Bertz CT molecular complexity index is 428. The second-order valence-corrected chi connectivity index (χ2v) is 3.90. The van der Waals surface area contributed by atoms with Gasteiger partial charge in [0.15, 0.2) is 11.6 Å². The maximum absolute atomic E-state index is 13.3. The van der Waals surface area contributed by atoms with E-state index in [0.717, 1.165) is 6.07 Å². The summed E-state index contributed by atoms with van der Waals surface area (Å²) < 4.78 is 26.3. The summed E-state index contributed by atoms with van der Waals surface area (Å²) in [4.78, 5) is 13.3. The Morgan fingerprint density at radius 1 is 1.41 bits per heavy atom. The lowest BCUT2D eigenvalue weighted by Crippen LogP contribution is -2.32. The van der Waals surface area contributed by atoms with Crippen molar-refractivity contribution in [3.05, 3.63) is 35.4 Å². The molecule has 6 heteroatoms. The summed E-state index contributed by atoms with van der Waals surface area (Å²) in [6.45, 7) is 0.894. The highest BCUT2D eigenvalue weighted by Gasteiger charge is 2.26. The van der Waals surface area contributed by atoms with E-state index < -0.39 is 17.5 Å². The van der Waals surface area contributed by atoms with Crippen molar-refractivity contribution in [3.63, 3.8) is 0 Å². The molecule has 0 aromatic heterocycles. The molecule has 0 aliphatic carbocycles. The monoisotopic (exact) mass is 262 g/mol. The molecule has 1 saturated heterocycles. The highest BCUT2D eigenvalue weighted by molar-refractivity contribution is 5.94. The van der Waals surface area contributed by atoms with Crippen molar-refractivity contribution >= 4 is 18.3 Å². The second kappa shape index (κ2) is 5.42.